The minimum absolute atomic E-state index is 0.00699. The van der Waals surface area contributed by atoms with Gasteiger partial charge in [0.2, 0.25) is 0 Å². The zero-order valence-corrected chi connectivity index (χ0v) is 9.91. The molecule has 4 nitrogen and oxygen atoms in total. The molecule has 1 aliphatic carbocycles. The van der Waals surface area contributed by atoms with Gasteiger partial charge in [0.15, 0.2) is 5.82 Å². The Balaban J connectivity index is 2.10. The largest absolute Gasteiger partial charge is 0.326 e. The molecule has 3 rings (SSSR count). The summed E-state index contributed by atoms with van der Waals surface area (Å²) in [5, 5.41) is 3.36. The number of nitrogens with two attached hydrogens (primary N) is 1. The number of halogens is 1. The van der Waals surface area contributed by atoms with Crippen molar-refractivity contribution in [3.63, 3.8) is 0 Å². The standard InChI is InChI=1S/C12H17FN4/c1-7-16-5-9(13)11(17-7)12-3-2-8(10(12)14)4-15-6-12/h5,8,10,15H,2-4,6,14H2,1H3. The molecule has 2 bridgehead atoms. The van der Waals surface area contributed by atoms with Gasteiger partial charge in [0.05, 0.1) is 11.9 Å². The topological polar surface area (TPSA) is 63.8 Å². The highest BCUT2D eigenvalue weighted by atomic mass is 19.1. The Kier molecular flexibility index (Phi) is 2.41. The second-order valence-electron chi connectivity index (χ2n) is 5.23. The van der Waals surface area contributed by atoms with Crippen LogP contribution >= 0.6 is 0 Å². The van der Waals surface area contributed by atoms with Gasteiger partial charge in [-0.25, -0.2) is 14.4 Å². The number of aryl methyl sites for hydroxylation is 1. The highest BCUT2D eigenvalue weighted by Gasteiger charge is 2.52. The van der Waals surface area contributed by atoms with E-state index in [-0.39, 0.29) is 17.3 Å². The van der Waals surface area contributed by atoms with E-state index in [0.29, 0.717) is 17.4 Å². The Morgan fingerprint density at radius 3 is 3.24 bits per heavy atom. The lowest BCUT2D eigenvalue weighted by molar-refractivity contribution is 0.262. The van der Waals surface area contributed by atoms with E-state index < -0.39 is 0 Å². The molecule has 0 radical (unpaired) electrons. The molecule has 0 aromatic carbocycles. The molecule has 1 aliphatic heterocycles. The fraction of sp³-hybridized carbons (Fsp3) is 0.667. The quantitative estimate of drug-likeness (QED) is 0.745. The van der Waals surface area contributed by atoms with Crippen LogP contribution in [-0.2, 0) is 5.41 Å². The first kappa shape index (κ1) is 11.0. The minimum Gasteiger partial charge on any atom is -0.326 e. The van der Waals surface area contributed by atoms with Crippen LogP contribution in [-0.4, -0.2) is 29.1 Å². The summed E-state index contributed by atoms with van der Waals surface area (Å²) < 4.78 is 14.0. The van der Waals surface area contributed by atoms with Crippen LogP contribution in [0.2, 0.25) is 0 Å². The van der Waals surface area contributed by atoms with Gasteiger partial charge in [0.25, 0.3) is 0 Å². The van der Waals surface area contributed by atoms with Gasteiger partial charge in [-0.2, -0.15) is 0 Å². The number of nitrogens with zero attached hydrogens (tertiary/aromatic N) is 2. The molecule has 3 unspecified atom stereocenters. The maximum atomic E-state index is 14.0. The van der Waals surface area contributed by atoms with Gasteiger partial charge in [-0.1, -0.05) is 0 Å². The third-order valence-electron chi connectivity index (χ3n) is 4.29. The van der Waals surface area contributed by atoms with Crippen LogP contribution in [0.4, 0.5) is 4.39 Å². The van der Waals surface area contributed by atoms with Crippen LogP contribution < -0.4 is 11.1 Å². The van der Waals surface area contributed by atoms with E-state index in [0.717, 1.165) is 25.9 Å². The maximum Gasteiger partial charge on any atom is 0.163 e. The van der Waals surface area contributed by atoms with Gasteiger partial charge in [0.1, 0.15) is 5.82 Å². The summed E-state index contributed by atoms with van der Waals surface area (Å²) in [5.41, 5.74) is 6.48. The van der Waals surface area contributed by atoms with E-state index in [2.05, 4.69) is 15.3 Å². The number of piperidine rings is 1. The van der Waals surface area contributed by atoms with E-state index in [4.69, 9.17) is 5.73 Å². The van der Waals surface area contributed by atoms with Crippen molar-refractivity contribution >= 4 is 0 Å². The molecule has 5 heteroatoms. The maximum absolute atomic E-state index is 14.0. The van der Waals surface area contributed by atoms with Gasteiger partial charge < -0.3 is 11.1 Å². The van der Waals surface area contributed by atoms with Crippen molar-refractivity contribution in [2.24, 2.45) is 11.7 Å². The number of aromatic nitrogens is 2. The van der Waals surface area contributed by atoms with Gasteiger partial charge in [0, 0.05) is 18.0 Å². The lowest BCUT2D eigenvalue weighted by atomic mass is 9.75. The van der Waals surface area contributed by atoms with E-state index in [1.165, 1.54) is 6.20 Å². The molecular weight excluding hydrogens is 219 g/mol. The number of hydrogen-bond donors (Lipinski definition) is 2. The van der Waals surface area contributed by atoms with Crippen molar-refractivity contribution in [1.29, 1.82) is 0 Å². The number of hydrogen-bond acceptors (Lipinski definition) is 4. The molecular formula is C12H17FN4. The normalized spacial score (nSPS) is 36.2. The average Bonchev–Trinajstić information content (AvgIpc) is 2.53. The van der Waals surface area contributed by atoms with Crippen LogP contribution in [0.5, 0.6) is 0 Å². The predicted octanol–water partition coefficient (Wildman–Crippen LogP) is 0.502. The molecule has 3 N–H and O–H groups in total. The molecule has 2 aliphatic rings. The minimum atomic E-state index is -0.333. The number of nitrogens with one attached hydrogen (secondary N) is 1. The van der Waals surface area contributed by atoms with Crippen LogP contribution in [0.15, 0.2) is 6.20 Å². The van der Waals surface area contributed by atoms with Gasteiger partial charge >= 0.3 is 0 Å². The highest BCUT2D eigenvalue weighted by Crippen LogP contribution is 2.45. The van der Waals surface area contributed by atoms with Crippen LogP contribution in [0.3, 0.4) is 0 Å². The fourth-order valence-electron chi connectivity index (χ4n) is 3.32. The summed E-state index contributed by atoms with van der Waals surface area (Å²) in [7, 11) is 0. The van der Waals surface area contributed by atoms with Gasteiger partial charge in [-0.15, -0.1) is 0 Å². The average molecular weight is 236 g/mol. The summed E-state index contributed by atoms with van der Waals surface area (Å²) in [6.45, 7) is 3.44. The number of rotatable bonds is 1. The first-order valence-corrected chi connectivity index (χ1v) is 6.09. The third kappa shape index (κ3) is 1.49. The lowest BCUT2D eigenvalue weighted by Gasteiger charge is -2.39. The second-order valence-corrected chi connectivity index (χ2v) is 5.23. The van der Waals surface area contributed by atoms with E-state index in [1.54, 1.807) is 6.92 Å². The molecule has 0 amide bonds. The Bertz CT molecular complexity index is 446. The Labute approximate surface area is 99.8 Å². The second kappa shape index (κ2) is 3.71. The van der Waals surface area contributed by atoms with Gasteiger partial charge in [-0.05, 0) is 32.2 Å². The molecule has 1 aromatic heterocycles. The number of fused-ring (bicyclic) bond motifs is 2. The molecule has 1 saturated heterocycles. The monoisotopic (exact) mass is 236 g/mol. The lowest BCUT2D eigenvalue weighted by Crippen LogP contribution is -2.57. The first-order valence-electron chi connectivity index (χ1n) is 6.09. The molecule has 1 saturated carbocycles. The van der Waals surface area contributed by atoms with Crippen molar-refractivity contribution in [3.05, 3.63) is 23.5 Å². The molecule has 0 spiro atoms. The van der Waals surface area contributed by atoms with E-state index in [9.17, 15) is 4.39 Å². The molecule has 2 fully saturated rings. The summed E-state index contributed by atoms with van der Waals surface area (Å²) >= 11 is 0. The molecule has 2 heterocycles. The predicted molar refractivity (Wildman–Crippen MR) is 62.0 cm³/mol. The van der Waals surface area contributed by atoms with Gasteiger partial charge in [-0.3, -0.25) is 0 Å². The van der Waals surface area contributed by atoms with Crippen molar-refractivity contribution in [2.75, 3.05) is 13.1 Å². The van der Waals surface area contributed by atoms with Crippen LogP contribution in [0.25, 0.3) is 0 Å². The summed E-state index contributed by atoms with van der Waals surface area (Å²) in [6, 6.07) is 0.00699. The van der Waals surface area contributed by atoms with E-state index >= 15 is 0 Å². The Hall–Kier alpha value is -1.07. The summed E-state index contributed by atoms with van der Waals surface area (Å²) in [5.74, 6) is 0.728. The zero-order chi connectivity index (χ0) is 12.0. The third-order valence-corrected chi connectivity index (χ3v) is 4.29. The summed E-state index contributed by atoms with van der Waals surface area (Å²) in [6.07, 6.45) is 3.23. The van der Waals surface area contributed by atoms with Crippen LogP contribution in [0.1, 0.15) is 24.4 Å². The van der Waals surface area contributed by atoms with Crippen molar-refractivity contribution < 1.29 is 4.39 Å². The Morgan fingerprint density at radius 2 is 2.41 bits per heavy atom. The van der Waals surface area contributed by atoms with Crippen molar-refractivity contribution in [2.45, 2.75) is 31.2 Å². The molecule has 92 valence electrons. The van der Waals surface area contributed by atoms with Crippen LogP contribution in [0, 0.1) is 18.7 Å². The highest BCUT2D eigenvalue weighted by molar-refractivity contribution is 5.27. The molecule has 3 atom stereocenters. The zero-order valence-electron chi connectivity index (χ0n) is 9.91. The summed E-state index contributed by atoms with van der Waals surface area (Å²) in [4.78, 5) is 8.20. The van der Waals surface area contributed by atoms with E-state index in [1.807, 2.05) is 0 Å². The SMILES string of the molecule is Cc1ncc(F)c(C23CCC(CNC2)C3N)n1. The molecule has 17 heavy (non-hydrogen) atoms. The Morgan fingerprint density at radius 1 is 1.59 bits per heavy atom. The smallest absolute Gasteiger partial charge is 0.163 e. The molecule has 1 aromatic rings. The van der Waals surface area contributed by atoms with Crippen molar-refractivity contribution in [3.8, 4) is 0 Å². The fourth-order valence-corrected chi connectivity index (χ4v) is 3.32. The first-order chi connectivity index (χ1) is 8.13. The van der Waals surface area contributed by atoms with Crippen molar-refractivity contribution in [1.82, 2.24) is 15.3 Å².